The van der Waals surface area contributed by atoms with Crippen molar-refractivity contribution in [2.75, 3.05) is 11.9 Å². The Bertz CT molecular complexity index is 661. The summed E-state index contributed by atoms with van der Waals surface area (Å²) in [7, 11) is 0. The molecule has 5 nitrogen and oxygen atoms in total. The summed E-state index contributed by atoms with van der Waals surface area (Å²) in [6.45, 7) is 5.07. The molecule has 0 amide bonds. The molecule has 1 aliphatic heterocycles. The summed E-state index contributed by atoms with van der Waals surface area (Å²) in [6.07, 6.45) is 3.34. The predicted octanol–water partition coefficient (Wildman–Crippen LogP) is 2.95. The second-order valence-corrected chi connectivity index (χ2v) is 5.21. The highest BCUT2D eigenvalue weighted by Crippen LogP contribution is 2.35. The van der Waals surface area contributed by atoms with E-state index in [9.17, 15) is 4.39 Å². The minimum absolute atomic E-state index is 0.188. The average Bonchev–Trinajstić information content (AvgIpc) is 2.86. The maximum Gasteiger partial charge on any atom is 0.223 e. The van der Waals surface area contributed by atoms with E-state index in [4.69, 9.17) is 9.47 Å². The average molecular weight is 303 g/mol. The summed E-state index contributed by atoms with van der Waals surface area (Å²) in [5, 5.41) is 3.06. The van der Waals surface area contributed by atoms with Gasteiger partial charge in [-0.05, 0) is 26.0 Å². The van der Waals surface area contributed by atoms with E-state index in [1.54, 1.807) is 0 Å². The van der Waals surface area contributed by atoms with Gasteiger partial charge in [-0.25, -0.2) is 14.4 Å². The molecule has 0 bridgehead atoms. The molecule has 0 spiro atoms. The van der Waals surface area contributed by atoms with Gasteiger partial charge < -0.3 is 14.8 Å². The number of ether oxygens (including phenoxy) is 2. The fourth-order valence-electron chi connectivity index (χ4n) is 2.49. The Morgan fingerprint density at radius 2 is 2.14 bits per heavy atom. The van der Waals surface area contributed by atoms with Crippen LogP contribution in [0.3, 0.4) is 0 Å². The third-order valence-corrected chi connectivity index (χ3v) is 3.44. The van der Waals surface area contributed by atoms with E-state index in [1.807, 2.05) is 26.0 Å². The number of hydrogen-bond donors (Lipinski definition) is 1. The Morgan fingerprint density at radius 1 is 1.36 bits per heavy atom. The zero-order valence-electron chi connectivity index (χ0n) is 12.6. The van der Waals surface area contributed by atoms with Crippen LogP contribution >= 0.6 is 0 Å². The van der Waals surface area contributed by atoms with Gasteiger partial charge in [-0.15, -0.1) is 0 Å². The van der Waals surface area contributed by atoms with E-state index in [0.717, 1.165) is 41.4 Å². The number of hydrogen-bond acceptors (Lipinski definition) is 5. The molecule has 2 heterocycles. The lowest BCUT2D eigenvalue weighted by Gasteiger charge is -2.13. The highest BCUT2D eigenvalue weighted by atomic mass is 19.1. The van der Waals surface area contributed by atoms with Crippen LogP contribution in [0.1, 0.15) is 25.0 Å². The first kappa shape index (κ1) is 14.6. The van der Waals surface area contributed by atoms with Gasteiger partial charge in [0, 0.05) is 24.1 Å². The van der Waals surface area contributed by atoms with Crippen molar-refractivity contribution in [1.29, 1.82) is 0 Å². The molecule has 1 aromatic carbocycles. The third-order valence-electron chi connectivity index (χ3n) is 3.44. The fraction of sp³-hybridized carbons (Fsp3) is 0.375. The van der Waals surface area contributed by atoms with Gasteiger partial charge in [-0.1, -0.05) is 0 Å². The van der Waals surface area contributed by atoms with Crippen LogP contribution in [0.5, 0.6) is 11.5 Å². The Labute approximate surface area is 128 Å². The summed E-state index contributed by atoms with van der Waals surface area (Å²) >= 11 is 0. The zero-order valence-corrected chi connectivity index (χ0v) is 12.6. The minimum atomic E-state index is -0.458. The molecule has 116 valence electrons. The first-order valence-corrected chi connectivity index (χ1v) is 7.32. The van der Waals surface area contributed by atoms with E-state index in [0.29, 0.717) is 19.1 Å². The molecule has 3 rings (SSSR count). The van der Waals surface area contributed by atoms with Crippen molar-refractivity contribution in [2.45, 2.75) is 32.9 Å². The lowest BCUT2D eigenvalue weighted by molar-refractivity contribution is 0.254. The second kappa shape index (κ2) is 6.17. The lowest BCUT2D eigenvalue weighted by Crippen LogP contribution is -2.06. The van der Waals surface area contributed by atoms with Crippen molar-refractivity contribution < 1.29 is 13.9 Å². The van der Waals surface area contributed by atoms with Crippen LogP contribution in [-0.4, -0.2) is 22.7 Å². The van der Waals surface area contributed by atoms with E-state index >= 15 is 0 Å². The molecule has 0 aliphatic carbocycles. The SMILES string of the molecule is CCOc1cc2c(cc1CNc1ncc(F)cn1)OC(C)C2. The van der Waals surface area contributed by atoms with Gasteiger partial charge in [-0.3, -0.25) is 0 Å². The Kier molecular flexibility index (Phi) is 4.09. The lowest BCUT2D eigenvalue weighted by atomic mass is 10.1. The normalized spacial score (nSPS) is 16.0. The van der Waals surface area contributed by atoms with E-state index < -0.39 is 5.82 Å². The molecule has 1 aliphatic rings. The van der Waals surface area contributed by atoms with Gasteiger partial charge in [0.1, 0.15) is 17.6 Å². The molecule has 0 saturated carbocycles. The maximum atomic E-state index is 12.8. The number of rotatable bonds is 5. The van der Waals surface area contributed by atoms with Gasteiger partial charge in [0.05, 0.1) is 19.0 Å². The highest BCUT2D eigenvalue weighted by Gasteiger charge is 2.21. The van der Waals surface area contributed by atoms with Crippen LogP contribution in [0.25, 0.3) is 0 Å². The predicted molar refractivity (Wildman–Crippen MR) is 80.7 cm³/mol. The molecule has 22 heavy (non-hydrogen) atoms. The highest BCUT2D eigenvalue weighted by molar-refractivity contribution is 5.49. The molecule has 6 heteroatoms. The van der Waals surface area contributed by atoms with Crippen molar-refractivity contribution in [3.8, 4) is 11.5 Å². The topological polar surface area (TPSA) is 56.3 Å². The van der Waals surface area contributed by atoms with Crippen molar-refractivity contribution >= 4 is 5.95 Å². The smallest absolute Gasteiger partial charge is 0.223 e. The molecular formula is C16H18FN3O2. The van der Waals surface area contributed by atoms with Crippen LogP contribution in [0.4, 0.5) is 10.3 Å². The van der Waals surface area contributed by atoms with Crippen molar-refractivity contribution in [3.63, 3.8) is 0 Å². The second-order valence-electron chi connectivity index (χ2n) is 5.21. The van der Waals surface area contributed by atoms with Crippen LogP contribution in [0, 0.1) is 5.82 Å². The monoisotopic (exact) mass is 303 g/mol. The van der Waals surface area contributed by atoms with Crippen LogP contribution in [0.2, 0.25) is 0 Å². The number of aromatic nitrogens is 2. The van der Waals surface area contributed by atoms with Gasteiger partial charge in [0.2, 0.25) is 5.95 Å². The summed E-state index contributed by atoms with van der Waals surface area (Å²) in [5.74, 6) is 1.64. The quantitative estimate of drug-likeness (QED) is 0.920. The Morgan fingerprint density at radius 3 is 2.86 bits per heavy atom. The molecule has 1 N–H and O–H groups in total. The zero-order chi connectivity index (χ0) is 15.5. The molecule has 0 fully saturated rings. The summed E-state index contributed by atoms with van der Waals surface area (Å²) < 4.78 is 24.3. The van der Waals surface area contributed by atoms with Crippen molar-refractivity contribution in [2.24, 2.45) is 0 Å². The maximum absolute atomic E-state index is 12.8. The molecule has 0 radical (unpaired) electrons. The van der Waals surface area contributed by atoms with E-state index in [2.05, 4.69) is 15.3 Å². The third kappa shape index (κ3) is 3.10. The van der Waals surface area contributed by atoms with Gasteiger partial charge in [-0.2, -0.15) is 0 Å². The van der Waals surface area contributed by atoms with Crippen LogP contribution < -0.4 is 14.8 Å². The number of benzene rings is 1. The molecule has 0 saturated heterocycles. The molecule has 2 aromatic rings. The van der Waals surface area contributed by atoms with E-state index in [1.165, 1.54) is 0 Å². The molecule has 1 atom stereocenters. The largest absolute Gasteiger partial charge is 0.494 e. The van der Waals surface area contributed by atoms with Crippen LogP contribution in [-0.2, 0) is 13.0 Å². The molecule has 1 unspecified atom stereocenters. The minimum Gasteiger partial charge on any atom is -0.494 e. The van der Waals surface area contributed by atoms with E-state index in [-0.39, 0.29) is 6.10 Å². The number of fused-ring (bicyclic) bond motifs is 1. The summed E-state index contributed by atoms with van der Waals surface area (Å²) in [6, 6.07) is 4.02. The molecule has 1 aromatic heterocycles. The van der Waals surface area contributed by atoms with Crippen molar-refractivity contribution in [1.82, 2.24) is 9.97 Å². The Hall–Kier alpha value is -2.37. The standard InChI is InChI=1S/C16H18FN3O2/c1-3-21-14-5-11-4-10(2)22-15(11)6-12(14)7-18-16-19-8-13(17)9-20-16/h5-6,8-10H,3-4,7H2,1-2H3,(H,18,19,20). The summed E-state index contributed by atoms with van der Waals surface area (Å²) in [5.41, 5.74) is 2.13. The number of halogens is 1. The first-order chi connectivity index (χ1) is 10.7. The number of nitrogens with one attached hydrogen (secondary N) is 1. The van der Waals surface area contributed by atoms with Gasteiger partial charge in [0.25, 0.3) is 0 Å². The van der Waals surface area contributed by atoms with Crippen LogP contribution in [0.15, 0.2) is 24.5 Å². The summed E-state index contributed by atoms with van der Waals surface area (Å²) in [4.78, 5) is 7.77. The van der Waals surface area contributed by atoms with Gasteiger partial charge >= 0.3 is 0 Å². The fourth-order valence-corrected chi connectivity index (χ4v) is 2.49. The first-order valence-electron chi connectivity index (χ1n) is 7.32. The number of anilines is 1. The number of nitrogens with zero attached hydrogens (tertiary/aromatic N) is 2. The van der Waals surface area contributed by atoms with Gasteiger partial charge in [0.15, 0.2) is 5.82 Å². The van der Waals surface area contributed by atoms with Crippen molar-refractivity contribution in [3.05, 3.63) is 41.5 Å². The molecular weight excluding hydrogens is 285 g/mol. The Balaban J connectivity index is 1.79.